The van der Waals surface area contributed by atoms with Gasteiger partial charge in [0, 0.05) is 11.4 Å². The highest BCUT2D eigenvalue weighted by Gasteiger charge is 2.22. The Hall–Kier alpha value is -0.900. The molecule has 2 atom stereocenters. The second-order valence-electron chi connectivity index (χ2n) is 4.88. The van der Waals surface area contributed by atoms with E-state index in [9.17, 15) is 9.18 Å². The molecule has 1 saturated carbocycles. The summed E-state index contributed by atoms with van der Waals surface area (Å²) in [5.74, 6) is 0.333. The first-order valence-corrected chi connectivity index (χ1v) is 7.20. The first kappa shape index (κ1) is 13.5. The Morgan fingerprint density at radius 2 is 2.06 bits per heavy atom. The van der Waals surface area contributed by atoms with E-state index in [1.807, 2.05) is 0 Å². The molecule has 18 heavy (non-hydrogen) atoms. The number of hydrogen-bond donors (Lipinski definition) is 1. The number of carbonyl (C=O) groups excluding carboxylic acids is 1. The lowest BCUT2D eigenvalue weighted by molar-refractivity contribution is -0.120. The Balaban J connectivity index is 1.73. The van der Waals surface area contributed by atoms with Gasteiger partial charge in [0.25, 0.3) is 0 Å². The zero-order valence-corrected chi connectivity index (χ0v) is 11.7. The van der Waals surface area contributed by atoms with Crippen LogP contribution < -0.4 is 5.32 Å². The summed E-state index contributed by atoms with van der Waals surface area (Å²) in [7, 11) is 0. The molecule has 1 aromatic carbocycles. The van der Waals surface area contributed by atoms with E-state index in [2.05, 4.69) is 21.2 Å². The van der Waals surface area contributed by atoms with Crippen molar-refractivity contribution < 1.29 is 9.18 Å². The zero-order valence-electron chi connectivity index (χ0n) is 10.2. The van der Waals surface area contributed by atoms with Gasteiger partial charge in [-0.2, -0.15) is 0 Å². The fourth-order valence-electron chi connectivity index (χ4n) is 2.31. The number of rotatable bonds is 4. The van der Waals surface area contributed by atoms with Crippen LogP contribution >= 0.6 is 15.9 Å². The van der Waals surface area contributed by atoms with E-state index in [1.54, 1.807) is 12.1 Å². The average Bonchev–Trinajstić information content (AvgIpc) is 2.76. The highest BCUT2D eigenvalue weighted by atomic mass is 79.9. The molecule has 1 aliphatic carbocycles. The second kappa shape index (κ2) is 6.32. The molecular weight excluding hydrogens is 297 g/mol. The van der Waals surface area contributed by atoms with Gasteiger partial charge in [-0.25, -0.2) is 4.39 Å². The van der Waals surface area contributed by atoms with E-state index in [0.717, 1.165) is 18.5 Å². The number of alkyl halides is 1. The van der Waals surface area contributed by atoms with Crippen LogP contribution in [0.5, 0.6) is 0 Å². The largest absolute Gasteiger partial charge is 0.356 e. The maximum atomic E-state index is 12.7. The lowest BCUT2D eigenvalue weighted by Crippen LogP contribution is -2.29. The van der Waals surface area contributed by atoms with Crippen molar-refractivity contribution in [2.24, 2.45) is 5.92 Å². The monoisotopic (exact) mass is 313 g/mol. The second-order valence-corrected chi connectivity index (χ2v) is 6.18. The van der Waals surface area contributed by atoms with Gasteiger partial charge in [-0.1, -0.05) is 28.1 Å². The highest BCUT2D eigenvalue weighted by Crippen LogP contribution is 2.29. The molecule has 1 fully saturated rings. The highest BCUT2D eigenvalue weighted by molar-refractivity contribution is 9.09. The van der Waals surface area contributed by atoms with Gasteiger partial charge in [0.15, 0.2) is 0 Å². The molecule has 0 radical (unpaired) electrons. The molecule has 1 aromatic rings. The molecule has 0 aromatic heterocycles. The Morgan fingerprint density at radius 1 is 1.33 bits per heavy atom. The van der Waals surface area contributed by atoms with Gasteiger partial charge < -0.3 is 5.32 Å². The van der Waals surface area contributed by atoms with E-state index < -0.39 is 0 Å². The number of hydrogen-bond acceptors (Lipinski definition) is 1. The van der Waals surface area contributed by atoms with Crippen molar-refractivity contribution in [3.63, 3.8) is 0 Å². The van der Waals surface area contributed by atoms with Gasteiger partial charge in [-0.15, -0.1) is 0 Å². The minimum atomic E-state index is -0.270. The average molecular weight is 314 g/mol. The first-order valence-electron chi connectivity index (χ1n) is 6.28. The maximum Gasteiger partial charge on any atom is 0.224 e. The fraction of sp³-hybridized carbons (Fsp3) is 0.500. The van der Waals surface area contributed by atoms with Gasteiger partial charge in [0.2, 0.25) is 5.91 Å². The number of carbonyl (C=O) groups is 1. The van der Waals surface area contributed by atoms with Crippen molar-refractivity contribution in [1.82, 2.24) is 5.32 Å². The Morgan fingerprint density at radius 3 is 2.67 bits per heavy atom. The lowest BCUT2D eigenvalue weighted by Gasteiger charge is -2.10. The minimum Gasteiger partial charge on any atom is -0.356 e. The van der Waals surface area contributed by atoms with Crippen LogP contribution in [0.15, 0.2) is 24.3 Å². The van der Waals surface area contributed by atoms with Crippen LogP contribution in [0.3, 0.4) is 0 Å². The quantitative estimate of drug-likeness (QED) is 0.851. The smallest absolute Gasteiger partial charge is 0.224 e. The maximum absolute atomic E-state index is 12.7. The molecule has 2 unspecified atom stereocenters. The molecule has 0 saturated heterocycles. The molecular formula is C14H17BrFNO. The molecule has 1 amide bonds. The van der Waals surface area contributed by atoms with Gasteiger partial charge in [-0.05, 0) is 42.9 Å². The summed E-state index contributed by atoms with van der Waals surface area (Å²) in [5.41, 5.74) is 0.846. The fourth-order valence-corrected chi connectivity index (χ4v) is 3.10. The summed E-state index contributed by atoms with van der Waals surface area (Å²) in [6, 6.07) is 6.07. The number of amides is 1. The minimum absolute atomic E-state index is 0.0135. The summed E-state index contributed by atoms with van der Waals surface area (Å²) in [6.45, 7) is 0.752. The lowest BCUT2D eigenvalue weighted by atomic mass is 10.1. The summed E-state index contributed by atoms with van der Waals surface area (Å²) < 4.78 is 12.7. The van der Waals surface area contributed by atoms with E-state index in [0.29, 0.717) is 17.2 Å². The third-order valence-corrected chi connectivity index (χ3v) is 4.17. The standard InChI is InChI=1S/C14H17BrFNO/c15-12-4-1-11(7-12)9-17-14(18)8-10-2-5-13(16)6-3-10/h2-3,5-6,11-12H,1,4,7-9H2,(H,17,18). The van der Waals surface area contributed by atoms with Crippen molar-refractivity contribution >= 4 is 21.8 Å². The number of nitrogens with one attached hydrogen (secondary N) is 1. The van der Waals surface area contributed by atoms with E-state index in [1.165, 1.54) is 25.0 Å². The van der Waals surface area contributed by atoms with Crippen LogP contribution in [0, 0.1) is 11.7 Å². The van der Waals surface area contributed by atoms with Crippen molar-refractivity contribution in [2.75, 3.05) is 6.54 Å². The van der Waals surface area contributed by atoms with Gasteiger partial charge >= 0.3 is 0 Å². The molecule has 1 N–H and O–H groups in total. The third kappa shape index (κ3) is 4.09. The molecule has 0 aliphatic heterocycles. The van der Waals surface area contributed by atoms with Crippen molar-refractivity contribution in [1.29, 1.82) is 0 Å². The third-order valence-electron chi connectivity index (χ3n) is 3.34. The van der Waals surface area contributed by atoms with Gasteiger partial charge in [0.1, 0.15) is 5.82 Å². The molecule has 0 spiro atoms. The van der Waals surface area contributed by atoms with Crippen LogP contribution in [0.2, 0.25) is 0 Å². The topological polar surface area (TPSA) is 29.1 Å². The van der Waals surface area contributed by atoms with Crippen molar-refractivity contribution in [2.45, 2.75) is 30.5 Å². The Bertz CT molecular complexity index is 407. The molecule has 2 rings (SSSR count). The first-order chi connectivity index (χ1) is 8.63. The van der Waals surface area contributed by atoms with Crippen molar-refractivity contribution in [3.8, 4) is 0 Å². The summed E-state index contributed by atoms with van der Waals surface area (Å²) in [5, 5.41) is 2.95. The zero-order chi connectivity index (χ0) is 13.0. The summed E-state index contributed by atoms with van der Waals surface area (Å²) in [6.07, 6.45) is 3.83. The van der Waals surface area contributed by atoms with Crippen LogP contribution in [-0.4, -0.2) is 17.3 Å². The summed E-state index contributed by atoms with van der Waals surface area (Å²) >= 11 is 3.60. The predicted octanol–water partition coefficient (Wildman–Crippen LogP) is 3.05. The molecule has 98 valence electrons. The molecule has 0 heterocycles. The van der Waals surface area contributed by atoms with Crippen LogP contribution in [0.4, 0.5) is 4.39 Å². The number of benzene rings is 1. The molecule has 2 nitrogen and oxygen atoms in total. The Kier molecular flexibility index (Phi) is 4.75. The van der Waals surface area contributed by atoms with E-state index in [4.69, 9.17) is 0 Å². The van der Waals surface area contributed by atoms with Crippen LogP contribution in [0.25, 0.3) is 0 Å². The molecule has 1 aliphatic rings. The van der Waals surface area contributed by atoms with E-state index >= 15 is 0 Å². The van der Waals surface area contributed by atoms with Crippen LogP contribution in [0.1, 0.15) is 24.8 Å². The van der Waals surface area contributed by atoms with E-state index in [-0.39, 0.29) is 11.7 Å². The summed E-state index contributed by atoms with van der Waals surface area (Å²) in [4.78, 5) is 12.3. The SMILES string of the molecule is O=C(Cc1ccc(F)cc1)NCC1CCC(Br)C1. The van der Waals surface area contributed by atoms with Gasteiger partial charge in [0.05, 0.1) is 6.42 Å². The molecule has 0 bridgehead atoms. The molecule has 4 heteroatoms. The Labute approximate surface area is 115 Å². The van der Waals surface area contributed by atoms with Crippen molar-refractivity contribution in [3.05, 3.63) is 35.6 Å². The van der Waals surface area contributed by atoms with Gasteiger partial charge in [-0.3, -0.25) is 4.79 Å². The van der Waals surface area contributed by atoms with Crippen LogP contribution in [-0.2, 0) is 11.2 Å². The number of halogens is 2. The normalized spacial score (nSPS) is 23.0. The predicted molar refractivity (Wildman–Crippen MR) is 73.2 cm³/mol.